The van der Waals surface area contributed by atoms with E-state index in [-0.39, 0.29) is 5.75 Å². The number of aromatic hydroxyl groups is 1. The summed E-state index contributed by atoms with van der Waals surface area (Å²) >= 11 is 5.84. The van der Waals surface area contributed by atoms with Crippen molar-refractivity contribution in [2.45, 2.75) is 6.42 Å². The number of phenols is 1. The Morgan fingerprint density at radius 2 is 1.80 bits per heavy atom. The average molecular weight is 287 g/mol. The molecule has 3 rings (SSSR count). The van der Waals surface area contributed by atoms with Crippen molar-refractivity contribution in [1.82, 2.24) is 10.1 Å². The molecule has 0 unspecified atom stereocenters. The van der Waals surface area contributed by atoms with Crippen molar-refractivity contribution >= 4 is 11.6 Å². The lowest BCUT2D eigenvalue weighted by Crippen LogP contribution is -1.90. The van der Waals surface area contributed by atoms with Gasteiger partial charge in [0.25, 0.3) is 5.89 Å². The number of phenolic OH excluding ortho intramolecular Hbond substituents is 1. The zero-order valence-electron chi connectivity index (χ0n) is 10.5. The fraction of sp³-hybridized carbons (Fsp3) is 0.0667. The minimum absolute atomic E-state index is 0.120. The molecule has 1 heterocycles. The molecule has 20 heavy (non-hydrogen) atoms. The van der Waals surface area contributed by atoms with Gasteiger partial charge in [-0.15, -0.1) is 0 Å². The zero-order chi connectivity index (χ0) is 13.9. The van der Waals surface area contributed by atoms with E-state index in [2.05, 4.69) is 10.1 Å². The van der Waals surface area contributed by atoms with Crippen LogP contribution in [0.5, 0.6) is 5.75 Å². The van der Waals surface area contributed by atoms with Crippen LogP contribution in [-0.4, -0.2) is 15.2 Å². The highest BCUT2D eigenvalue weighted by atomic mass is 35.5. The first kappa shape index (κ1) is 12.7. The maximum absolute atomic E-state index is 9.75. The third-order valence-electron chi connectivity index (χ3n) is 2.88. The molecule has 100 valence electrons. The Hall–Kier alpha value is -2.33. The highest BCUT2D eigenvalue weighted by Gasteiger charge is 2.12. The van der Waals surface area contributed by atoms with Gasteiger partial charge in [-0.25, -0.2) is 0 Å². The summed E-state index contributed by atoms with van der Waals surface area (Å²) in [6.45, 7) is 0. The molecule has 0 atom stereocenters. The van der Waals surface area contributed by atoms with Crippen LogP contribution in [0, 0.1) is 0 Å². The number of rotatable bonds is 3. The van der Waals surface area contributed by atoms with Crippen LogP contribution in [0.1, 0.15) is 11.4 Å². The number of aromatic nitrogens is 2. The summed E-state index contributed by atoms with van der Waals surface area (Å²) in [5.74, 6) is 0.992. The molecule has 0 radical (unpaired) electrons. The quantitative estimate of drug-likeness (QED) is 0.798. The fourth-order valence-corrected chi connectivity index (χ4v) is 2.00. The molecule has 4 nitrogen and oxygen atoms in total. The Morgan fingerprint density at radius 1 is 1.05 bits per heavy atom. The number of hydrogen-bond donors (Lipinski definition) is 1. The van der Waals surface area contributed by atoms with E-state index in [0.717, 1.165) is 5.56 Å². The van der Waals surface area contributed by atoms with Crippen LogP contribution >= 0.6 is 11.6 Å². The summed E-state index contributed by atoms with van der Waals surface area (Å²) in [6.07, 6.45) is 0.550. The first-order valence-corrected chi connectivity index (χ1v) is 6.45. The van der Waals surface area contributed by atoms with Crippen molar-refractivity contribution in [2.24, 2.45) is 0 Å². The van der Waals surface area contributed by atoms with Gasteiger partial charge in [0.2, 0.25) is 0 Å². The van der Waals surface area contributed by atoms with Crippen LogP contribution in [0.2, 0.25) is 5.02 Å². The lowest BCUT2D eigenvalue weighted by molar-refractivity contribution is 0.418. The van der Waals surface area contributed by atoms with E-state index >= 15 is 0 Å². The number of nitrogens with zero attached hydrogens (tertiary/aromatic N) is 2. The van der Waals surface area contributed by atoms with Crippen molar-refractivity contribution in [3.8, 4) is 17.2 Å². The maximum atomic E-state index is 9.75. The molecule has 3 aromatic rings. The SMILES string of the molecule is Oc1ccccc1-c1nc(Cc2ccc(Cl)cc2)no1. The van der Waals surface area contributed by atoms with Gasteiger partial charge >= 0.3 is 0 Å². The second-order valence-electron chi connectivity index (χ2n) is 4.34. The van der Waals surface area contributed by atoms with Crippen LogP contribution in [0.3, 0.4) is 0 Å². The predicted octanol–water partition coefficient (Wildman–Crippen LogP) is 3.69. The fourth-order valence-electron chi connectivity index (χ4n) is 1.87. The Morgan fingerprint density at radius 3 is 2.55 bits per heavy atom. The Labute approximate surface area is 120 Å². The summed E-state index contributed by atoms with van der Waals surface area (Å²) in [5, 5.41) is 14.4. The molecule has 0 bridgehead atoms. The van der Waals surface area contributed by atoms with Gasteiger partial charge in [0.15, 0.2) is 5.82 Å². The summed E-state index contributed by atoms with van der Waals surface area (Å²) in [7, 11) is 0. The summed E-state index contributed by atoms with van der Waals surface area (Å²) in [4.78, 5) is 4.29. The molecule has 0 spiro atoms. The summed E-state index contributed by atoms with van der Waals surface area (Å²) < 4.78 is 5.18. The Bertz CT molecular complexity index is 723. The molecule has 0 saturated heterocycles. The molecular weight excluding hydrogens is 276 g/mol. The summed E-state index contributed by atoms with van der Waals surface area (Å²) in [6, 6.07) is 14.3. The molecule has 1 N–H and O–H groups in total. The summed E-state index contributed by atoms with van der Waals surface area (Å²) in [5.41, 5.74) is 1.57. The van der Waals surface area contributed by atoms with Gasteiger partial charge in [0.1, 0.15) is 5.75 Å². The smallest absolute Gasteiger partial charge is 0.261 e. The molecular formula is C15H11ClN2O2. The number of benzene rings is 2. The van der Waals surface area contributed by atoms with Crippen LogP contribution in [-0.2, 0) is 6.42 Å². The van der Waals surface area contributed by atoms with Gasteiger partial charge in [-0.3, -0.25) is 0 Å². The number of halogens is 1. The lowest BCUT2D eigenvalue weighted by atomic mass is 10.1. The van der Waals surface area contributed by atoms with E-state index < -0.39 is 0 Å². The third kappa shape index (κ3) is 2.65. The molecule has 0 saturated carbocycles. The Balaban J connectivity index is 1.84. The van der Waals surface area contributed by atoms with Gasteiger partial charge in [-0.05, 0) is 29.8 Å². The van der Waals surface area contributed by atoms with E-state index in [4.69, 9.17) is 16.1 Å². The van der Waals surface area contributed by atoms with Crippen molar-refractivity contribution in [3.63, 3.8) is 0 Å². The zero-order valence-corrected chi connectivity index (χ0v) is 11.2. The number of hydrogen-bond acceptors (Lipinski definition) is 4. The van der Waals surface area contributed by atoms with E-state index in [1.807, 2.05) is 24.3 Å². The standard InChI is InChI=1S/C15H11ClN2O2/c16-11-7-5-10(6-8-11)9-14-17-15(20-18-14)12-3-1-2-4-13(12)19/h1-8,19H,9H2. The van der Waals surface area contributed by atoms with E-state index in [9.17, 15) is 5.11 Å². The second-order valence-corrected chi connectivity index (χ2v) is 4.77. The van der Waals surface area contributed by atoms with Crippen LogP contribution in [0.15, 0.2) is 53.1 Å². The lowest BCUT2D eigenvalue weighted by Gasteiger charge is -1.97. The van der Waals surface area contributed by atoms with E-state index in [0.29, 0.717) is 28.7 Å². The van der Waals surface area contributed by atoms with Crippen LogP contribution in [0.4, 0.5) is 0 Å². The van der Waals surface area contributed by atoms with Gasteiger partial charge in [-0.2, -0.15) is 4.98 Å². The van der Waals surface area contributed by atoms with Crippen LogP contribution in [0.25, 0.3) is 11.5 Å². The topological polar surface area (TPSA) is 59.2 Å². The molecule has 0 amide bonds. The normalized spacial score (nSPS) is 10.7. The molecule has 1 aromatic heterocycles. The van der Waals surface area contributed by atoms with E-state index in [1.165, 1.54) is 0 Å². The first-order valence-electron chi connectivity index (χ1n) is 6.08. The molecule has 0 aliphatic rings. The van der Waals surface area contributed by atoms with Crippen molar-refractivity contribution in [1.29, 1.82) is 0 Å². The largest absolute Gasteiger partial charge is 0.507 e. The van der Waals surface area contributed by atoms with E-state index in [1.54, 1.807) is 24.3 Å². The van der Waals surface area contributed by atoms with Gasteiger partial charge in [0.05, 0.1) is 5.56 Å². The highest BCUT2D eigenvalue weighted by molar-refractivity contribution is 6.30. The molecule has 0 aliphatic carbocycles. The predicted molar refractivity (Wildman–Crippen MR) is 75.7 cm³/mol. The van der Waals surface area contributed by atoms with Gasteiger partial charge in [-0.1, -0.05) is 41.0 Å². The minimum Gasteiger partial charge on any atom is -0.507 e. The van der Waals surface area contributed by atoms with Crippen LogP contribution < -0.4 is 0 Å². The third-order valence-corrected chi connectivity index (χ3v) is 3.13. The maximum Gasteiger partial charge on any atom is 0.261 e. The minimum atomic E-state index is 0.120. The molecule has 2 aromatic carbocycles. The van der Waals surface area contributed by atoms with Crippen molar-refractivity contribution in [3.05, 3.63) is 64.9 Å². The second kappa shape index (κ2) is 5.35. The van der Waals surface area contributed by atoms with Gasteiger partial charge < -0.3 is 9.63 Å². The molecule has 0 fully saturated rings. The highest BCUT2D eigenvalue weighted by Crippen LogP contribution is 2.27. The number of para-hydroxylation sites is 1. The average Bonchev–Trinajstić information content (AvgIpc) is 2.90. The first-order chi connectivity index (χ1) is 9.72. The van der Waals surface area contributed by atoms with Gasteiger partial charge in [0, 0.05) is 11.4 Å². The molecule has 0 aliphatic heterocycles. The van der Waals surface area contributed by atoms with Crippen molar-refractivity contribution < 1.29 is 9.63 Å². The van der Waals surface area contributed by atoms with Crippen molar-refractivity contribution in [2.75, 3.05) is 0 Å². The molecule has 5 heteroatoms. The monoisotopic (exact) mass is 286 g/mol. The Kier molecular flexibility index (Phi) is 3.39.